The van der Waals surface area contributed by atoms with Crippen LogP contribution in [0.4, 0.5) is 5.69 Å². The zero-order chi connectivity index (χ0) is 33.5. The average Bonchev–Trinajstić information content (AvgIpc) is 3.86. The summed E-state index contributed by atoms with van der Waals surface area (Å²) in [6, 6.07) is 47.8. The number of aryl methyl sites for hydroxylation is 1. The van der Waals surface area contributed by atoms with Crippen molar-refractivity contribution in [3.63, 3.8) is 0 Å². The number of aliphatic imine (C=N–C) groups is 1. The molecule has 242 valence electrons. The molecule has 4 heteroatoms. The first-order chi connectivity index (χ1) is 25.2. The summed E-state index contributed by atoms with van der Waals surface area (Å²) in [5.74, 6) is 1.34. The van der Waals surface area contributed by atoms with Crippen LogP contribution in [0.1, 0.15) is 29.2 Å². The van der Waals surface area contributed by atoms with E-state index in [4.69, 9.17) is 13.8 Å². The van der Waals surface area contributed by atoms with Crippen LogP contribution in [-0.4, -0.2) is 12.4 Å². The molecular weight excluding hydrogens is 625 g/mol. The number of hydrogen-bond donors (Lipinski definition) is 0. The molecule has 1 aliphatic carbocycles. The van der Waals surface area contributed by atoms with Crippen LogP contribution in [0.25, 0.3) is 72.4 Å². The molecule has 2 unspecified atom stereocenters. The van der Waals surface area contributed by atoms with Gasteiger partial charge in [-0.25, -0.2) is 0 Å². The van der Waals surface area contributed by atoms with Gasteiger partial charge in [0.05, 0.1) is 0 Å². The molecule has 2 aromatic heterocycles. The Kier molecular flexibility index (Phi) is 6.17. The third kappa shape index (κ3) is 4.49. The lowest BCUT2D eigenvalue weighted by atomic mass is 9.94. The first-order valence-corrected chi connectivity index (χ1v) is 17.7. The van der Waals surface area contributed by atoms with Crippen molar-refractivity contribution in [2.45, 2.75) is 24.9 Å². The summed E-state index contributed by atoms with van der Waals surface area (Å²) in [7, 11) is 0. The van der Waals surface area contributed by atoms with Crippen LogP contribution < -0.4 is 4.90 Å². The highest BCUT2D eigenvalue weighted by molar-refractivity contribution is 6.06. The third-order valence-corrected chi connectivity index (χ3v) is 10.9. The number of dihydropyridines is 1. The number of hydrogen-bond acceptors (Lipinski definition) is 4. The van der Waals surface area contributed by atoms with E-state index in [-0.39, 0.29) is 12.1 Å². The van der Waals surface area contributed by atoms with Crippen molar-refractivity contribution in [3.05, 3.63) is 168 Å². The van der Waals surface area contributed by atoms with Crippen molar-refractivity contribution in [2.24, 2.45) is 4.99 Å². The Labute approximate surface area is 295 Å². The van der Waals surface area contributed by atoms with Gasteiger partial charge in [-0.2, -0.15) is 0 Å². The highest BCUT2D eigenvalue weighted by atomic mass is 16.3. The fourth-order valence-electron chi connectivity index (χ4n) is 8.47. The van der Waals surface area contributed by atoms with Gasteiger partial charge in [-0.1, -0.05) is 91.0 Å². The van der Waals surface area contributed by atoms with Crippen molar-refractivity contribution in [2.75, 3.05) is 4.90 Å². The Balaban J connectivity index is 0.946. The fraction of sp³-hybridized carbons (Fsp3) is 0.0851. The number of furan rings is 2. The van der Waals surface area contributed by atoms with E-state index >= 15 is 0 Å². The fourth-order valence-corrected chi connectivity index (χ4v) is 8.47. The predicted octanol–water partition coefficient (Wildman–Crippen LogP) is 12.2. The predicted molar refractivity (Wildman–Crippen MR) is 209 cm³/mol. The maximum Gasteiger partial charge on any atom is 0.135 e. The molecule has 11 rings (SSSR count). The molecule has 0 saturated carbocycles. The van der Waals surface area contributed by atoms with E-state index in [0.29, 0.717) is 0 Å². The van der Waals surface area contributed by atoms with Crippen molar-refractivity contribution < 1.29 is 8.83 Å². The Morgan fingerprint density at radius 3 is 1.98 bits per heavy atom. The monoisotopic (exact) mass is 656 g/mol. The molecule has 0 bridgehead atoms. The second-order valence-electron chi connectivity index (χ2n) is 13.8. The molecule has 0 saturated heterocycles. The van der Waals surface area contributed by atoms with Gasteiger partial charge < -0.3 is 13.7 Å². The number of para-hydroxylation sites is 2. The second kappa shape index (κ2) is 11.1. The molecule has 0 amide bonds. The van der Waals surface area contributed by atoms with E-state index < -0.39 is 0 Å². The van der Waals surface area contributed by atoms with Gasteiger partial charge in [0.25, 0.3) is 0 Å². The minimum Gasteiger partial charge on any atom is -0.460 e. The van der Waals surface area contributed by atoms with Crippen molar-refractivity contribution >= 4 is 50.9 Å². The quantitative estimate of drug-likeness (QED) is 0.189. The smallest absolute Gasteiger partial charge is 0.135 e. The van der Waals surface area contributed by atoms with Crippen molar-refractivity contribution in [3.8, 4) is 33.4 Å². The van der Waals surface area contributed by atoms with Gasteiger partial charge >= 0.3 is 0 Å². The van der Waals surface area contributed by atoms with Gasteiger partial charge in [-0.15, -0.1) is 0 Å². The van der Waals surface area contributed by atoms with Crippen LogP contribution >= 0.6 is 0 Å². The number of fused-ring (bicyclic) bond motifs is 9. The average molecular weight is 657 g/mol. The van der Waals surface area contributed by atoms with Crippen LogP contribution in [0.15, 0.2) is 165 Å². The second-order valence-corrected chi connectivity index (χ2v) is 13.8. The Bertz CT molecular complexity index is 2790. The van der Waals surface area contributed by atoms with E-state index in [1.165, 1.54) is 55.9 Å². The highest BCUT2D eigenvalue weighted by Gasteiger charge is 2.39. The number of allylic oxidation sites excluding steroid dienone is 2. The Morgan fingerprint density at radius 2 is 1.20 bits per heavy atom. The van der Waals surface area contributed by atoms with Crippen LogP contribution in [0.3, 0.4) is 0 Å². The summed E-state index contributed by atoms with van der Waals surface area (Å²) in [4.78, 5) is 7.40. The normalized spacial score (nSPS) is 17.6. The van der Waals surface area contributed by atoms with Gasteiger partial charge in [-0.3, -0.25) is 4.99 Å². The van der Waals surface area contributed by atoms with Crippen LogP contribution in [-0.2, 0) is 6.42 Å². The summed E-state index contributed by atoms with van der Waals surface area (Å²) < 4.78 is 12.5. The van der Waals surface area contributed by atoms with Crippen LogP contribution in [0, 0.1) is 0 Å². The lowest BCUT2D eigenvalue weighted by Crippen LogP contribution is -2.33. The summed E-state index contributed by atoms with van der Waals surface area (Å²) in [6.45, 7) is 0. The first-order valence-electron chi connectivity index (χ1n) is 17.7. The molecule has 4 heterocycles. The topological polar surface area (TPSA) is 41.9 Å². The standard InChI is InChI=1S/C47H32N2O2/c1-3-15-42-36(12-1)38-14-7-23-48-47(38)49(42)35-19-22-46-41(28-35)40-27-34(18-21-45(40)51-46)32-11-6-9-30(25-32)29-8-5-10-31(24-29)33-17-20-44-39(26-33)37-13-2-4-16-43(37)50-44/h1-18,20-21,23-28,38,47H,19,22H2. The van der Waals surface area contributed by atoms with E-state index in [9.17, 15) is 0 Å². The van der Waals surface area contributed by atoms with E-state index in [2.05, 4.69) is 144 Å². The van der Waals surface area contributed by atoms with Crippen LogP contribution in [0.2, 0.25) is 0 Å². The molecule has 8 aromatic rings. The van der Waals surface area contributed by atoms with Gasteiger partial charge in [0.15, 0.2) is 0 Å². The van der Waals surface area contributed by atoms with E-state index in [0.717, 1.165) is 51.5 Å². The van der Waals surface area contributed by atoms with Crippen molar-refractivity contribution in [1.29, 1.82) is 0 Å². The molecule has 0 fully saturated rings. The van der Waals surface area contributed by atoms with Crippen LogP contribution in [0.5, 0.6) is 0 Å². The maximum absolute atomic E-state index is 6.45. The highest BCUT2D eigenvalue weighted by Crippen LogP contribution is 2.48. The SMILES string of the molecule is C1=CC2c3ccccc3N(C3=Cc4c(oc5ccc(-c6cccc(-c7cccc(-c8ccc9oc%10ccccc%10c9c8)c7)c6)cc45)CC3)C2N=C1. The lowest BCUT2D eigenvalue weighted by molar-refractivity contribution is 0.536. The number of benzene rings is 6. The van der Waals surface area contributed by atoms with E-state index in [1.54, 1.807) is 0 Å². The molecule has 2 aliphatic heterocycles. The minimum atomic E-state index is 0.0589. The molecule has 2 atom stereocenters. The zero-order valence-electron chi connectivity index (χ0n) is 27.8. The maximum atomic E-state index is 6.45. The molecule has 4 nitrogen and oxygen atoms in total. The molecule has 0 radical (unpaired) electrons. The molecule has 0 N–H and O–H groups in total. The molecule has 6 aromatic carbocycles. The minimum absolute atomic E-state index is 0.0589. The first kappa shape index (κ1) is 28.4. The summed E-state index contributed by atoms with van der Waals surface area (Å²) >= 11 is 0. The zero-order valence-corrected chi connectivity index (χ0v) is 27.8. The van der Waals surface area contributed by atoms with Gasteiger partial charge in [0.2, 0.25) is 0 Å². The van der Waals surface area contributed by atoms with Gasteiger partial charge in [0.1, 0.15) is 28.7 Å². The summed E-state index contributed by atoms with van der Waals surface area (Å²) in [5, 5.41) is 3.44. The largest absolute Gasteiger partial charge is 0.460 e. The number of rotatable bonds is 4. The number of nitrogens with zero attached hydrogens (tertiary/aromatic N) is 2. The molecule has 51 heavy (non-hydrogen) atoms. The lowest BCUT2D eigenvalue weighted by Gasteiger charge is -2.31. The Hall–Kier alpha value is -6.39. The van der Waals surface area contributed by atoms with E-state index in [1.807, 2.05) is 18.3 Å². The van der Waals surface area contributed by atoms with Crippen molar-refractivity contribution in [1.82, 2.24) is 0 Å². The molecular formula is C47H32N2O2. The summed E-state index contributed by atoms with van der Waals surface area (Å²) in [6.07, 6.45) is 10.5. The molecule has 3 aliphatic rings. The van der Waals surface area contributed by atoms with Gasteiger partial charge in [0, 0.05) is 51.7 Å². The number of anilines is 1. The Morgan fingerprint density at radius 1 is 0.549 bits per heavy atom. The third-order valence-electron chi connectivity index (χ3n) is 10.9. The van der Waals surface area contributed by atoms with Gasteiger partial charge in [-0.05, 0) is 106 Å². The summed E-state index contributed by atoms with van der Waals surface area (Å²) in [5.41, 5.74) is 14.9. The molecule has 0 spiro atoms.